The van der Waals surface area contributed by atoms with E-state index in [1.165, 1.54) is 0 Å². The summed E-state index contributed by atoms with van der Waals surface area (Å²) in [5.74, 6) is 1.15. The summed E-state index contributed by atoms with van der Waals surface area (Å²) in [6.45, 7) is 7.20. The molecule has 1 aromatic rings. The Morgan fingerprint density at radius 2 is 2.30 bits per heavy atom. The van der Waals surface area contributed by atoms with Gasteiger partial charge >= 0.3 is 0 Å². The summed E-state index contributed by atoms with van der Waals surface area (Å²) in [6.07, 6.45) is 0.311. The van der Waals surface area contributed by atoms with Crippen LogP contribution in [0.4, 0.5) is 0 Å². The molecule has 2 atom stereocenters. The monoisotopic (exact) mass is 284 g/mol. The molecule has 2 N–H and O–H groups in total. The van der Waals surface area contributed by atoms with Crippen molar-refractivity contribution in [3.05, 3.63) is 11.7 Å². The summed E-state index contributed by atoms with van der Waals surface area (Å²) >= 11 is 0. The van der Waals surface area contributed by atoms with Crippen LogP contribution in [-0.4, -0.2) is 60.5 Å². The Labute approximate surface area is 119 Å². The zero-order chi connectivity index (χ0) is 14.5. The lowest BCUT2D eigenvalue weighted by Crippen LogP contribution is -2.42. The van der Waals surface area contributed by atoms with Crippen LogP contribution in [0.15, 0.2) is 4.52 Å². The second kappa shape index (κ2) is 7.12. The van der Waals surface area contributed by atoms with E-state index in [9.17, 15) is 0 Å². The Morgan fingerprint density at radius 1 is 1.50 bits per heavy atom. The third-order valence-electron chi connectivity index (χ3n) is 3.60. The minimum Gasteiger partial charge on any atom is -0.380 e. The Kier molecular flexibility index (Phi) is 5.47. The average molecular weight is 284 g/mol. The van der Waals surface area contributed by atoms with Crippen LogP contribution in [0.2, 0.25) is 0 Å². The molecule has 1 aliphatic heterocycles. The quantitative estimate of drug-likeness (QED) is 0.807. The van der Waals surface area contributed by atoms with E-state index in [4.69, 9.17) is 19.7 Å². The third-order valence-corrected chi connectivity index (χ3v) is 3.60. The number of ether oxygens (including phenoxy) is 2. The topological polar surface area (TPSA) is 86.6 Å². The summed E-state index contributed by atoms with van der Waals surface area (Å²) in [5.41, 5.74) is 5.59. The molecule has 0 spiro atoms. The fourth-order valence-electron chi connectivity index (χ4n) is 2.23. The SMILES string of the molecule is COC(CN)Cc1nc(C2CN(C(C)C)CCO2)no1. The molecule has 0 aromatic carbocycles. The summed E-state index contributed by atoms with van der Waals surface area (Å²) in [6, 6.07) is 0.489. The highest BCUT2D eigenvalue weighted by atomic mass is 16.5. The van der Waals surface area contributed by atoms with Crippen molar-refractivity contribution in [3.63, 3.8) is 0 Å². The summed E-state index contributed by atoms with van der Waals surface area (Å²) in [7, 11) is 1.62. The number of methoxy groups -OCH3 is 1. The van der Waals surface area contributed by atoms with E-state index < -0.39 is 0 Å². The van der Waals surface area contributed by atoms with Gasteiger partial charge in [-0.05, 0) is 13.8 Å². The maximum atomic E-state index is 5.73. The maximum absolute atomic E-state index is 5.73. The lowest BCUT2D eigenvalue weighted by atomic mass is 10.2. The molecule has 114 valence electrons. The molecule has 7 nitrogen and oxygen atoms in total. The second-order valence-corrected chi connectivity index (χ2v) is 5.29. The van der Waals surface area contributed by atoms with Crippen molar-refractivity contribution in [2.75, 3.05) is 33.4 Å². The van der Waals surface area contributed by atoms with E-state index in [1.807, 2.05) is 0 Å². The van der Waals surface area contributed by atoms with Crippen LogP contribution in [0.3, 0.4) is 0 Å². The van der Waals surface area contributed by atoms with Crippen LogP contribution >= 0.6 is 0 Å². The fraction of sp³-hybridized carbons (Fsp3) is 0.846. The molecule has 0 radical (unpaired) electrons. The lowest BCUT2D eigenvalue weighted by Gasteiger charge is -2.34. The summed E-state index contributed by atoms with van der Waals surface area (Å²) in [5, 5.41) is 4.02. The Balaban J connectivity index is 1.97. The van der Waals surface area contributed by atoms with Crippen LogP contribution in [0.1, 0.15) is 31.7 Å². The Morgan fingerprint density at radius 3 is 2.95 bits per heavy atom. The molecule has 7 heteroatoms. The molecule has 1 aromatic heterocycles. The van der Waals surface area contributed by atoms with Crippen molar-refractivity contribution < 1.29 is 14.0 Å². The molecular formula is C13H24N4O3. The number of hydrogen-bond donors (Lipinski definition) is 1. The van der Waals surface area contributed by atoms with Crippen molar-refractivity contribution in [1.29, 1.82) is 0 Å². The van der Waals surface area contributed by atoms with Gasteiger partial charge in [0.2, 0.25) is 11.7 Å². The van der Waals surface area contributed by atoms with Gasteiger partial charge < -0.3 is 19.7 Å². The molecular weight excluding hydrogens is 260 g/mol. The van der Waals surface area contributed by atoms with E-state index in [0.717, 1.165) is 13.1 Å². The van der Waals surface area contributed by atoms with Gasteiger partial charge in [0.25, 0.3) is 0 Å². The van der Waals surface area contributed by atoms with Crippen molar-refractivity contribution in [3.8, 4) is 0 Å². The summed E-state index contributed by atoms with van der Waals surface area (Å²) in [4.78, 5) is 6.75. The third kappa shape index (κ3) is 3.76. The first kappa shape index (κ1) is 15.4. The van der Waals surface area contributed by atoms with E-state index in [2.05, 4.69) is 28.9 Å². The van der Waals surface area contributed by atoms with Gasteiger partial charge in [-0.15, -0.1) is 0 Å². The van der Waals surface area contributed by atoms with Gasteiger partial charge in [-0.25, -0.2) is 0 Å². The number of rotatable bonds is 6. The Hall–Kier alpha value is -1.02. The van der Waals surface area contributed by atoms with Crippen molar-refractivity contribution in [1.82, 2.24) is 15.0 Å². The van der Waals surface area contributed by atoms with E-state index in [-0.39, 0.29) is 12.2 Å². The van der Waals surface area contributed by atoms with Gasteiger partial charge in [-0.2, -0.15) is 4.98 Å². The highest BCUT2D eigenvalue weighted by molar-refractivity contribution is 4.95. The van der Waals surface area contributed by atoms with Crippen LogP contribution in [0.25, 0.3) is 0 Å². The molecule has 0 amide bonds. The smallest absolute Gasteiger partial charge is 0.229 e. The number of morpholine rings is 1. The van der Waals surface area contributed by atoms with Crippen LogP contribution < -0.4 is 5.73 Å². The van der Waals surface area contributed by atoms with Crippen molar-refractivity contribution in [2.24, 2.45) is 5.73 Å². The van der Waals surface area contributed by atoms with Crippen LogP contribution in [0.5, 0.6) is 0 Å². The normalized spacial score (nSPS) is 22.4. The largest absolute Gasteiger partial charge is 0.380 e. The molecule has 2 heterocycles. The molecule has 1 saturated heterocycles. The first-order chi connectivity index (χ1) is 9.63. The average Bonchev–Trinajstić information content (AvgIpc) is 2.93. The van der Waals surface area contributed by atoms with Crippen molar-refractivity contribution in [2.45, 2.75) is 38.5 Å². The standard InChI is InChI=1S/C13H24N4O3/c1-9(2)17-4-5-19-11(8-17)13-15-12(20-16-13)6-10(7-14)18-3/h9-11H,4-8,14H2,1-3H3. The van der Waals surface area contributed by atoms with Crippen LogP contribution in [0, 0.1) is 0 Å². The molecule has 1 fully saturated rings. The first-order valence-corrected chi connectivity index (χ1v) is 7.05. The minimum absolute atomic E-state index is 0.0947. The van der Waals surface area contributed by atoms with Gasteiger partial charge in [-0.3, -0.25) is 4.90 Å². The van der Waals surface area contributed by atoms with E-state index in [1.54, 1.807) is 7.11 Å². The molecule has 0 saturated carbocycles. The molecule has 2 rings (SSSR count). The highest BCUT2D eigenvalue weighted by Crippen LogP contribution is 2.21. The van der Waals surface area contributed by atoms with Gasteiger partial charge in [0.05, 0.1) is 19.1 Å². The van der Waals surface area contributed by atoms with Gasteiger partial charge in [0.15, 0.2) is 0 Å². The Bertz CT molecular complexity index is 406. The zero-order valence-corrected chi connectivity index (χ0v) is 12.4. The maximum Gasteiger partial charge on any atom is 0.229 e. The number of hydrogen-bond acceptors (Lipinski definition) is 7. The fourth-order valence-corrected chi connectivity index (χ4v) is 2.23. The minimum atomic E-state index is -0.123. The van der Waals surface area contributed by atoms with E-state index >= 15 is 0 Å². The molecule has 2 unspecified atom stereocenters. The molecule has 1 aliphatic rings. The molecule has 20 heavy (non-hydrogen) atoms. The van der Waals surface area contributed by atoms with Gasteiger partial charge in [-0.1, -0.05) is 5.16 Å². The van der Waals surface area contributed by atoms with Crippen LogP contribution in [-0.2, 0) is 15.9 Å². The molecule has 0 bridgehead atoms. The number of nitrogens with two attached hydrogens (primary N) is 1. The predicted molar refractivity (Wildman–Crippen MR) is 73.3 cm³/mol. The summed E-state index contributed by atoms with van der Waals surface area (Å²) < 4.78 is 16.2. The first-order valence-electron chi connectivity index (χ1n) is 7.05. The van der Waals surface area contributed by atoms with Crippen molar-refractivity contribution >= 4 is 0 Å². The zero-order valence-electron chi connectivity index (χ0n) is 12.4. The highest BCUT2D eigenvalue weighted by Gasteiger charge is 2.27. The number of aromatic nitrogens is 2. The predicted octanol–water partition coefficient (Wildman–Crippen LogP) is 0.368. The number of nitrogens with zero attached hydrogens (tertiary/aromatic N) is 3. The second-order valence-electron chi connectivity index (χ2n) is 5.29. The van der Waals surface area contributed by atoms with Gasteiger partial charge in [0.1, 0.15) is 6.10 Å². The van der Waals surface area contributed by atoms with Gasteiger partial charge in [0, 0.05) is 32.8 Å². The lowest BCUT2D eigenvalue weighted by molar-refractivity contribution is -0.0450. The molecule has 0 aliphatic carbocycles. The van der Waals surface area contributed by atoms with E-state index in [0.29, 0.717) is 37.3 Å².